The highest BCUT2D eigenvalue weighted by molar-refractivity contribution is 5.78. The molecule has 3 aliphatic rings. The fraction of sp³-hybridized carbons (Fsp3) is 0.393. The third-order valence-electron chi connectivity index (χ3n) is 8.40. The summed E-state index contributed by atoms with van der Waals surface area (Å²) in [6, 6.07) is 15.0. The Bertz CT molecular complexity index is 1360. The molecule has 7 rings (SSSR count). The zero-order valence-electron chi connectivity index (χ0n) is 19.1. The minimum Gasteiger partial charge on any atom is -0.370 e. The lowest BCUT2D eigenvalue weighted by Gasteiger charge is -2.46. The number of benzene rings is 1. The molecule has 0 N–H and O–H groups in total. The minimum atomic E-state index is -0.251. The number of ether oxygens (including phenoxy) is 1. The van der Waals surface area contributed by atoms with Gasteiger partial charge in [0.15, 0.2) is 5.65 Å². The van der Waals surface area contributed by atoms with Crippen molar-refractivity contribution in [1.29, 1.82) is 0 Å². The first-order valence-corrected chi connectivity index (χ1v) is 12.3. The molecule has 1 aromatic carbocycles. The van der Waals surface area contributed by atoms with Crippen molar-refractivity contribution in [2.75, 3.05) is 6.61 Å². The third kappa shape index (κ3) is 3.19. The molecule has 172 valence electrons. The van der Waals surface area contributed by atoms with E-state index in [0.717, 1.165) is 67.5 Å². The lowest BCUT2D eigenvalue weighted by Crippen LogP contribution is -2.45. The molecule has 2 aliphatic carbocycles. The quantitative estimate of drug-likeness (QED) is 0.392. The molecule has 4 heterocycles. The van der Waals surface area contributed by atoms with Gasteiger partial charge in [-0.25, -0.2) is 14.1 Å². The van der Waals surface area contributed by atoms with Crippen LogP contribution in [0.5, 0.6) is 0 Å². The van der Waals surface area contributed by atoms with Gasteiger partial charge in [-0.2, -0.15) is 5.10 Å². The summed E-state index contributed by atoms with van der Waals surface area (Å²) >= 11 is 0. The van der Waals surface area contributed by atoms with E-state index in [2.05, 4.69) is 23.3 Å². The van der Waals surface area contributed by atoms with Crippen molar-refractivity contribution in [3.8, 4) is 5.69 Å². The summed E-state index contributed by atoms with van der Waals surface area (Å²) < 4.78 is 21.3. The number of halogens is 1. The molecular weight excluding hydrogens is 427 g/mol. The van der Waals surface area contributed by atoms with E-state index in [9.17, 15) is 4.39 Å². The third-order valence-corrected chi connectivity index (χ3v) is 8.40. The van der Waals surface area contributed by atoms with Gasteiger partial charge in [0.2, 0.25) is 0 Å². The number of rotatable bonds is 3. The Labute approximate surface area is 198 Å². The molecule has 1 saturated carbocycles. The molecule has 2 fully saturated rings. The van der Waals surface area contributed by atoms with Crippen molar-refractivity contribution in [2.45, 2.75) is 56.0 Å². The fourth-order valence-electron chi connectivity index (χ4n) is 6.56. The first-order chi connectivity index (χ1) is 16.6. The van der Waals surface area contributed by atoms with E-state index < -0.39 is 0 Å². The zero-order chi connectivity index (χ0) is 22.8. The Morgan fingerprint density at radius 1 is 1.12 bits per heavy atom. The molecule has 0 unspecified atom stereocenters. The second kappa shape index (κ2) is 7.44. The number of aryl methyl sites for hydroxylation is 1. The maximum absolute atomic E-state index is 13.5. The van der Waals surface area contributed by atoms with Gasteiger partial charge in [-0.05, 0) is 98.9 Å². The predicted octanol–water partition coefficient (Wildman–Crippen LogP) is 5.34. The number of nitrogens with zero attached hydrogens (tertiary/aromatic N) is 4. The van der Waals surface area contributed by atoms with Crippen LogP contribution in [0, 0.1) is 11.7 Å². The highest BCUT2D eigenvalue weighted by Gasteiger charge is 2.57. The van der Waals surface area contributed by atoms with Crippen LogP contribution in [0.25, 0.3) is 16.7 Å². The van der Waals surface area contributed by atoms with Crippen LogP contribution in [0.4, 0.5) is 4.39 Å². The van der Waals surface area contributed by atoms with Crippen LogP contribution in [-0.4, -0.2) is 32.0 Å². The lowest BCUT2D eigenvalue weighted by molar-refractivity contribution is 0.0990. The van der Waals surface area contributed by atoms with Crippen LogP contribution in [0.15, 0.2) is 60.9 Å². The molecule has 1 saturated heterocycles. The molecule has 3 atom stereocenters. The Morgan fingerprint density at radius 2 is 2.00 bits per heavy atom. The zero-order valence-corrected chi connectivity index (χ0v) is 19.1. The molecule has 34 heavy (non-hydrogen) atoms. The van der Waals surface area contributed by atoms with Gasteiger partial charge >= 0.3 is 0 Å². The van der Waals surface area contributed by atoms with E-state index in [4.69, 9.17) is 14.7 Å². The van der Waals surface area contributed by atoms with Crippen molar-refractivity contribution in [1.82, 2.24) is 19.7 Å². The average molecular weight is 455 g/mol. The van der Waals surface area contributed by atoms with E-state index in [1.54, 1.807) is 12.1 Å². The number of hydrogen-bond acceptors (Lipinski definition) is 4. The van der Waals surface area contributed by atoms with Crippen molar-refractivity contribution in [2.24, 2.45) is 5.92 Å². The van der Waals surface area contributed by atoms with Crippen LogP contribution >= 0.6 is 0 Å². The topological polar surface area (TPSA) is 56.1 Å². The van der Waals surface area contributed by atoms with Gasteiger partial charge in [-0.3, -0.25) is 4.98 Å². The van der Waals surface area contributed by atoms with Gasteiger partial charge < -0.3 is 4.74 Å². The van der Waals surface area contributed by atoms with Gasteiger partial charge in [0.1, 0.15) is 5.82 Å². The van der Waals surface area contributed by atoms with E-state index in [1.165, 1.54) is 29.8 Å². The summed E-state index contributed by atoms with van der Waals surface area (Å²) in [4.78, 5) is 9.95. The number of hydrogen-bond donors (Lipinski definition) is 0. The maximum Gasteiger partial charge on any atom is 0.163 e. The van der Waals surface area contributed by atoms with E-state index in [0.29, 0.717) is 5.92 Å². The number of fused-ring (bicyclic) bond motifs is 4. The van der Waals surface area contributed by atoms with Crippen molar-refractivity contribution < 1.29 is 9.13 Å². The van der Waals surface area contributed by atoms with Gasteiger partial charge in [0.05, 0.1) is 24.1 Å². The normalized spacial score (nSPS) is 27.9. The van der Waals surface area contributed by atoms with Gasteiger partial charge in [-0.1, -0.05) is 6.07 Å². The van der Waals surface area contributed by atoms with E-state index in [-0.39, 0.29) is 16.8 Å². The SMILES string of the molecule is Fc1ccc(-n2ncc3cc4c(nc32)CCC[C@H]2C[C@]3(CC[C@@]42Cc2ccccn2)CO3)cc1. The second-order valence-corrected chi connectivity index (χ2v) is 10.3. The van der Waals surface area contributed by atoms with Gasteiger partial charge in [0.25, 0.3) is 0 Å². The standard InChI is InChI=1S/C28H27FN4O/c29-21-7-9-23(10-8-21)33-26-19(17-31-33)14-24-25(32-26)6-3-4-20-15-27(18-34-27)11-12-28(20,24)16-22-5-1-2-13-30-22/h1-2,5,7-10,13-14,17,20H,3-4,6,11-12,15-16,18H2/t20-,27+,28-/m0/s1. The number of pyridine rings is 2. The van der Waals surface area contributed by atoms with Gasteiger partial charge in [0, 0.05) is 28.4 Å². The average Bonchev–Trinajstić information content (AvgIpc) is 3.52. The van der Waals surface area contributed by atoms with Crippen LogP contribution in [0.2, 0.25) is 0 Å². The van der Waals surface area contributed by atoms with Crippen LogP contribution < -0.4 is 0 Å². The van der Waals surface area contributed by atoms with E-state index in [1.807, 2.05) is 23.1 Å². The molecule has 1 aliphatic heterocycles. The van der Waals surface area contributed by atoms with E-state index >= 15 is 0 Å². The van der Waals surface area contributed by atoms with Crippen LogP contribution in [-0.2, 0) is 23.0 Å². The lowest BCUT2D eigenvalue weighted by atomic mass is 9.57. The van der Waals surface area contributed by atoms with Crippen molar-refractivity contribution in [3.05, 3.63) is 83.7 Å². The summed E-state index contributed by atoms with van der Waals surface area (Å²) in [5, 5.41) is 5.67. The summed E-state index contributed by atoms with van der Waals surface area (Å²) in [7, 11) is 0. The number of aromatic nitrogens is 4. The first kappa shape index (κ1) is 20.3. The molecule has 5 nitrogen and oxygen atoms in total. The highest BCUT2D eigenvalue weighted by atomic mass is 19.1. The molecule has 6 heteroatoms. The van der Waals surface area contributed by atoms with Gasteiger partial charge in [-0.15, -0.1) is 0 Å². The summed E-state index contributed by atoms with van der Waals surface area (Å²) in [6.45, 7) is 0.914. The Morgan fingerprint density at radius 3 is 2.79 bits per heavy atom. The largest absolute Gasteiger partial charge is 0.370 e. The summed E-state index contributed by atoms with van der Waals surface area (Å²) in [6.07, 6.45) is 11.3. The second-order valence-electron chi connectivity index (χ2n) is 10.3. The molecule has 0 bridgehead atoms. The maximum atomic E-state index is 13.5. The predicted molar refractivity (Wildman–Crippen MR) is 127 cm³/mol. The van der Waals surface area contributed by atoms with Crippen LogP contribution in [0.1, 0.15) is 49.1 Å². The molecule has 3 aromatic heterocycles. The summed E-state index contributed by atoms with van der Waals surface area (Å²) in [5.41, 5.74) is 5.50. The monoisotopic (exact) mass is 454 g/mol. The van der Waals surface area contributed by atoms with Crippen LogP contribution in [0.3, 0.4) is 0 Å². The minimum absolute atomic E-state index is 0.0105. The fourth-order valence-corrected chi connectivity index (χ4v) is 6.56. The van der Waals surface area contributed by atoms with Crippen molar-refractivity contribution >= 4 is 11.0 Å². The number of epoxide rings is 1. The van der Waals surface area contributed by atoms with Crippen molar-refractivity contribution in [3.63, 3.8) is 0 Å². The summed E-state index contributed by atoms with van der Waals surface area (Å²) in [5.74, 6) is 0.303. The molecular formula is C28H27FN4O. The smallest absolute Gasteiger partial charge is 0.163 e. The Kier molecular flexibility index (Phi) is 4.44. The Hall–Kier alpha value is -3.12. The highest BCUT2D eigenvalue weighted by Crippen LogP contribution is 2.57. The molecule has 0 radical (unpaired) electrons. The molecule has 0 amide bonds. The first-order valence-electron chi connectivity index (χ1n) is 12.3. The Balaban J connectivity index is 1.38. The molecule has 1 spiro atoms. The molecule has 4 aromatic rings.